The third kappa shape index (κ3) is 5.05. The minimum absolute atomic E-state index is 0.357. The third-order valence-corrected chi connectivity index (χ3v) is 2.41. The van der Waals surface area contributed by atoms with E-state index in [1.165, 1.54) is 5.57 Å². The first-order valence-corrected chi connectivity index (χ1v) is 5.42. The molecule has 0 aliphatic rings. The summed E-state index contributed by atoms with van der Waals surface area (Å²) in [5, 5.41) is 8.79. The fraction of sp³-hybridized carbons (Fsp3) is 0.750. The maximum atomic E-state index is 10.7. The van der Waals surface area contributed by atoms with Crippen LogP contribution in [0.5, 0.6) is 0 Å². The second-order valence-corrected chi connectivity index (χ2v) is 4.13. The van der Waals surface area contributed by atoms with E-state index in [1.54, 1.807) is 6.92 Å². The quantitative estimate of drug-likeness (QED) is 0.663. The third-order valence-electron chi connectivity index (χ3n) is 2.41. The van der Waals surface area contributed by atoms with Crippen LogP contribution in [0.2, 0.25) is 0 Å². The van der Waals surface area contributed by atoms with Gasteiger partial charge in [-0.15, -0.1) is 0 Å². The number of carbonyl (C=O) groups is 1. The van der Waals surface area contributed by atoms with E-state index in [-0.39, 0.29) is 5.92 Å². The zero-order valence-corrected chi connectivity index (χ0v) is 9.71. The number of carboxylic acid groups (broad SMARTS) is 1. The van der Waals surface area contributed by atoms with E-state index in [4.69, 9.17) is 5.11 Å². The van der Waals surface area contributed by atoms with Crippen molar-refractivity contribution in [3.8, 4) is 0 Å². The lowest BCUT2D eigenvalue weighted by Gasteiger charge is -2.12. The van der Waals surface area contributed by atoms with E-state index in [2.05, 4.69) is 20.8 Å². The monoisotopic (exact) mass is 198 g/mol. The van der Waals surface area contributed by atoms with Crippen LogP contribution < -0.4 is 0 Å². The molecule has 0 saturated heterocycles. The minimum Gasteiger partial charge on any atom is -0.481 e. The molecular formula is C12H22O2. The number of carboxylic acids is 1. The average molecular weight is 198 g/mol. The Labute approximate surface area is 87.0 Å². The summed E-state index contributed by atoms with van der Waals surface area (Å²) in [7, 11) is 0. The Morgan fingerprint density at radius 3 is 2.29 bits per heavy atom. The second kappa shape index (κ2) is 6.63. The number of aliphatic carboxylic acids is 1. The molecule has 0 aliphatic heterocycles. The molecule has 2 heteroatoms. The first-order chi connectivity index (χ1) is 6.49. The van der Waals surface area contributed by atoms with Crippen LogP contribution in [0.15, 0.2) is 11.6 Å². The van der Waals surface area contributed by atoms with E-state index in [0.29, 0.717) is 5.92 Å². The van der Waals surface area contributed by atoms with Gasteiger partial charge in [0.15, 0.2) is 0 Å². The van der Waals surface area contributed by atoms with Crippen molar-refractivity contribution in [3.63, 3.8) is 0 Å². The zero-order chi connectivity index (χ0) is 11.1. The molecule has 0 radical (unpaired) electrons. The van der Waals surface area contributed by atoms with Crippen LogP contribution in [-0.4, -0.2) is 11.1 Å². The van der Waals surface area contributed by atoms with Gasteiger partial charge in [0.25, 0.3) is 0 Å². The van der Waals surface area contributed by atoms with Gasteiger partial charge in [0.2, 0.25) is 0 Å². The Morgan fingerprint density at radius 2 is 1.93 bits per heavy atom. The van der Waals surface area contributed by atoms with Crippen LogP contribution >= 0.6 is 0 Å². The fourth-order valence-electron chi connectivity index (χ4n) is 1.34. The topological polar surface area (TPSA) is 37.3 Å². The molecule has 0 saturated carbocycles. The highest BCUT2D eigenvalue weighted by Gasteiger charge is 2.10. The molecule has 0 spiro atoms. The number of rotatable bonds is 6. The molecule has 1 unspecified atom stereocenters. The van der Waals surface area contributed by atoms with E-state index < -0.39 is 5.97 Å². The van der Waals surface area contributed by atoms with Gasteiger partial charge in [-0.25, -0.2) is 0 Å². The molecule has 0 rings (SSSR count). The van der Waals surface area contributed by atoms with E-state index in [9.17, 15) is 4.79 Å². The van der Waals surface area contributed by atoms with E-state index in [0.717, 1.165) is 19.3 Å². The predicted octanol–water partition coefficient (Wildman–Crippen LogP) is 3.48. The molecule has 0 aromatic heterocycles. The van der Waals surface area contributed by atoms with Crippen molar-refractivity contribution in [1.82, 2.24) is 0 Å². The lowest BCUT2D eigenvalue weighted by molar-refractivity contribution is -0.139. The van der Waals surface area contributed by atoms with Gasteiger partial charge >= 0.3 is 5.97 Å². The summed E-state index contributed by atoms with van der Waals surface area (Å²) in [6.07, 6.45) is 5.25. The normalized spacial score (nSPS) is 14.5. The smallest absolute Gasteiger partial charge is 0.310 e. The van der Waals surface area contributed by atoms with Gasteiger partial charge in [0, 0.05) is 0 Å². The largest absolute Gasteiger partial charge is 0.481 e. The van der Waals surface area contributed by atoms with Crippen LogP contribution in [0.25, 0.3) is 0 Å². The first-order valence-electron chi connectivity index (χ1n) is 5.42. The van der Waals surface area contributed by atoms with Crippen LogP contribution in [0.1, 0.15) is 47.0 Å². The summed E-state index contributed by atoms with van der Waals surface area (Å²) in [5.41, 5.74) is 1.28. The van der Waals surface area contributed by atoms with Crippen molar-refractivity contribution in [2.75, 3.05) is 0 Å². The van der Waals surface area contributed by atoms with Crippen molar-refractivity contribution in [3.05, 3.63) is 11.6 Å². The van der Waals surface area contributed by atoms with Gasteiger partial charge in [-0.3, -0.25) is 4.79 Å². The van der Waals surface area contributed by atoms with E-state index >= 15 is 0 Å². The average Bonchev–Trinajstić information content (AvgIpc) is 2.10. The summed E-state index contributed by atoms with van der Waals surface area (Å²) in [6.45, 7) is 8.13. The number of hydrogen-bond donors (Lipinski definition) is 1. The first kappa shape index (κ1) is 13.2. The summed E-state index contributed by atoms with van der Waals surface area (Å²) in [5.74, 6) is -0.632. The van der Waals surface area contributed by atoms with Crippen LogP contribution in [0.3, 0.4) is 0 Å². The molecule has 0 aromatic carbocycles. The SMILES string of the molecule is CCCCC(=CC(C)C(=O)O)C(C)C. The highest BCUT2D eigenvalue weighted by atomic mass is 16.4. The Kier molecular flexibility index (Phi) is 6.26. The Bertz CT molecular complexity index is 204. The highest BCUT2D eigenvalue weighted by Crippen LogP contribution is 2.19. The van der Waals surface area contributed by atoms with Crippen LogP contribution in [0, 0.1) is 11.8 Å². The molecular weight excluding hydrogens is 176 g/mol. The summed E-state index contributed by atoms with van der Waals surface area (Å²) < 4.78 is 0. The van der Waals surface area contributed by atoms with Crippen LogP contribution in [0.4, 0.5) is 0 Å². The Hall–Kier alpha value is -0.790. The number of unbranched alkanes of at least 4 members (excludes halogenated alkanes) is 1. The molecule has 1 N–H and O–H groups in total. The van der Waals surface area contributed by atoms with Gasteiger partial charge < -0.3 is 5.11 Å². The predicted molar refractivity (Wildman–Crippen MR) is 59.2 cm³/mol. The summed E-state index contributed by atoms with van der Waals surface area (Å²) >= 11 is 0. The minimum atomic E-state index is -0.736. The van der Waals surface area contributed by atoms with Gasteiger partial charge in [0.1, 0.15) is 0 Å². The molecule has 1 atom stereocenters. The van der Waals surface area contributed by atoms with Crippen molar-refractivity contribution in [2.45, 2.75) is 47.0 Å². The summed E-state index contributed by atoms with van der Waals surface area (Å²) in [6, 6.07) is 0. The molecule has 0 heterocycles. The molecule has 0 aliphatic carbocycles. The lowest BCUT2D eigenvalue weighted by Crippen LogP contribution is -2.08. The van der Waals surface area contributed by atoms with Crippen molar-refractivity contribution in [2.24, 2.45) is 11.8 Å². The summed E-state index contributed by atoms with van der Waals surface area (Å²) in [4.78, 5) is 10.7. The Balaban J connectivity index is 4.39. The van der Waals surface area contributed by atoms with Gasteiger partial charge in [0.05, 0.1) is 5.92 Å². The van der Waals surface area contributed by atoms with E-state index in [1.807, 2.05) is 6.08 Å². The molecule has 82 valence electrons. The van der Waals surface area contributed by atoms with Gasteiger partial charge in [-0.1, -0.05) is 38.8 Å². The molecule has 0 amide bonds. The molecule has 0 aromatic rings. The maximum absolute atomic E-state index is 10.7. The number of hydrogen-bond acceptors (Lipinski definition) is 1. The second-order valence-electron chi connectivity index (χ2n) is 4.13. The Morgan fingerprint density at radius 1 is 1.36 bits per heavy atom. The highest BCUT2D eigenvalue weighted by molar-refractivity contribution is 5.71. The zero-order valence-electron chi connectivity index (χ0n) is 9.71. The molecule has 0 bridgehead atoms. The fourth-order valence-corrected chi connectivity index (χ4v) is 1.34. The van der Waals surface area contributed by atoms with Crippen molar-refractivity contribution in [1.29, 1.82) is 0 Å². The van der Waals surface area contributed by atoms with Gasteiger partial charge in [-0.2, -0.15) is 0 Å². The molecule has 2 nitrogen and oxygen atoms in total. The number of allylic oxidation sites excluding steroid dienone is 1. The molecule has 14 heavy (non-hydrogen) atoms. The van der Waals surface area contributed by atoms with Gasteiger partial charge in [-0.05, 0) is 25.7 Å². The van der Waals surface area contributed by atoms with Crippen molar-refractivity contribution >= 4 is 5.97 Å². The van der Waals surface area contributed by atoms with Crippen LogP contribution in [-0.2, 0) is 4.79 Å². The standard InChI is InChI=1S/C12H22O2/c1-5-6-7-11(9(2)3)8-10(4)12(13)14/h8-10H,5-7H2,1-4H3,(H,13,14). The maximum Gasteiger partial charge on any atom is 0.310 e. The lowest BCUT2D eigenvalue weighted by atomic mass is 9.94. The molecule has 0 fully saturated rings. The van der Waals surface area contributed by atoms with Crippen molar-refractivity contribution < 1.29 is 9.90 Å².